The van der Waals surface area contributed by atoms with Gasteiger partial charge in [-0.05, 0) is 19.3 Å². The first-order valence-corrected chi connectivity index (χ1v) is 5.06. The summed E-state index contributed by atoms with van der Waals surface area (Å²) in [5.41, 5.74) is 0.0531. The van der Waals surface area contributed by atoms with Crippen molar-refractivity contribution in [2.45, 2.75) is 44.6 Å². The van der Waals surface area contributed by atoms with Crippen molar-refractivity contribution in [1.82, 2.24) is 0 Å². The summed E-state index contributed by atoms with van der Waals surface area (Å²) in [5.74, 6) is 0.674. The summed E-state index contributed by atoms with van der Waals surface area (Å²) < 4.78 is 5.66. The van der Waals surface area contributed by atoms with Gasteiger partial charge in [-0.25, -0.2) is 0 Å². The summed E-state index contributed by atoms with van der Waals surface area (Å²) in [6, 6.07) is 0. The average Bonchev–Trinajstić information content (AvgIpc) is 2.50. The van der Waals surface area contributed by atoms with Crippen LogP contribution in [0, 0.1) is 0 Å². The molecule has 0 aliphatic carbocycles. The van der Waals surface area contributed by atoms with Gasteiger partial charge in [-0.1, -0.05) is 19.8 Å². The van der Waals surface area contributed by atoms with Gasteiger partial charge in [0.25, 0.3) is 0 Å². The molecule has 1 rings (SSSR count). The van der Waals surface area contributed by atoms with Crippen molar-refractivity contribution in [3.63, 3.8) is 0 Å². The minimum atomic E-state index is 0.0531. The Balaban J connectivity index is 2.33. The summed E-state index contributed by atoms with van der Waals surface area (Å²) in [6.45, 7) is 3.12. The quantitative estimate of drug-likeness (QED) is 0.599. The predicted molar refractivity (Wildman–Crippen MR) is 48.2 cm³/mol. The van der Waals surface area contributed by atoms with Crippen LogP contribution in [0.25, 0.3) is 0 Å². The molecule has 11 heavy (non-hydrogen) atoms. The third-order valence-electron chi connectivity index (χ3n) is 2.41. The van der Waals surface area contributed by atoms with E-state index in [2.05, 4.69) is 6.92 Å². The van der Waals surface area contributed by atoms with E-state index < -0.39 is 0 Å². The molecule has 1 saturated heterocycles. The number of alkyl halides is 1. The van der Waals surface area contributed by atoms with E-state index in [1.54, 1.807) is 0 Å². The highest BCUT2D eigenvalue weighted by Crippen LogP contribution is 2.31. The summed E-state index contributed by atoms with van der Waals surface area (Å²) in [6.07, 6.45) is 5.98. The third kappa shape index (κ3) is 2.34. The van der Waals surface area contributed by atoms with Gasteiger partial charge in [-0.2, -0.15) is 0 Å². The molecule has 1 aliphatic heterocycles. The molecular weight excluding hydrogens is 160 g/mol. The summed E-state index contributed by atoms with van der Waals surface area (Å²) in [7, 11) is 0. The third-order valence-corrected chi connectivity index (χ3v) is 2.90. The zero-order chi connectivity index (χ0) is 8.16. The summed E-state index contributed by atoms with van der Waals surface area (Å²) >= 11 is 5.88. The van der Waals surface area contributed by atoms with Crippen LogP contribution in [0.2, 0.25) is 0 Å². The SMILES string of the molecule is CCCCC1(CCl)CCCO1. The highest BCUT2D eigenvalue weighted by molar-refractivity contribution is 6.18. The average molecular weight is 177 g/mol. The van der Waals surface area contributed by atoms with E-state index in [0.29, 0.717) is 5.88 Å². The molecule has 0 radical (unpaired) electrons. The van der Waals surface area contributed by atoms with Gasteiger partial charge in [0.05, 0.1) is 11.5 Å². The lowest BCUT2D eigenvalue weighted by Crippen LogP contribution is -2.29. The zero-order valence-electron chi connectivity index (χ0n) is 7.24. The molecule has 0 aromatic heterocycles. The van der Waals surface area contributed by atoms with E-state index in [4.69, 9.17) is 16.3 Å². The molecule has 0 aromatic rings. The van der Waals surface area contributed by atoms with Crippen LogP contribution >= 0.6 is 11.6 Å². The second kappa shape index (κ2) is 4.32. The first-order valence-electron chi connectivity index (χ1n) is 4.53. The van der Waals surface area contributed by atoms with Crippen molar-refractivity contribution in [3.8, 4) is 0 Å². The fraction of sp³-hybridized carbons (Fsp3) is 1.00. The minimum absolute atomic E-state index is 0.0531. The van der Waals surface area contributed by atoms with Crippen LogP contribution in [-0.4, -0.2) is 18.1 Å². The molecule has 66 valence electrons. The van der Waals surface area contributed by atoms with E-state index >= 15 is 0 Å². The maximum Gasteiger partial charge on any atom is 0.0818 e. The Labute approximate surface area is 74.1 Å². The number of halogens is 1. The number of hydrogen-bond donors (Lipinski definition) is 0. The standard InChI is InChI=1S/C9H17ClO/c1-2-3-5-9(8-10)6-4-7-11-9/h2-8H2,1H3. The van der Waals surface area contributed by atoms with Gasteiger partial charge in [0.15, 0.2) is 0 Å². The predicted octanol–water partition coefficient (Wildman–Crippen LogP) is 2.96. The van der Waals surface area contributed by atoms with Crippen LogP contribution in [0.3, 0.4) is 0 Å². The highest BCUT2D eigenvalue weighted by atomic mass is 35.5. The van der Waals surface area contributed by atoms with Crippen LogP contribution in [0.4, 0.5) is 0 Å². The molecular formula is C9H17ClO. The maximum atomic E-state index is 5.88. The molecule has 0 spiro atoms. The van der Waals surface area contributed by atoms with Crippen molar-refractivity contribution in [1.29, 1.82) is 0 Å². The van der Waals surface area contributed by atoms with Crippen molar-refractivity contribution in [2.75, 3.05) is 12.5 Å². The Morgan fingerprint density at radius 3 is 2.82 bits per heavy atom. The summed E-state index contributed by atoms with van der Waals surface area (Å²) in [4.78, 5) is 0. The normalized spacial score (nSPS) is 31.1. The number of hydrogen-bond acceptors (Lipinski definition) is 1. The first kappa shape index (κ1) is 9.34. The van der Waals surface area contributed by atoms with E-state index in [1.165, 1.54) is 19.3 Å². The molecule has 0 amide bonds. The van der Waals surface area contributed by atoms with Gasteiger partial charge in [0, 0.05) is 6.61 Å². The van der Waals surface area contributed by atoms with Crippen molar-refractivity contribution in [3.05, 3.63) is 0 Å². The number of unbranched alkanes of at least 4 members (excludes halogenated alkanes) is 1. The Kier molecular flexibility index (Phi) is 3.67. The number of ether oxygens (including phenoxy) is 1. The summed E-state index contributed by atoms with van der Waals surface area (Å²) in [5, 5.41) is 0. The molecule has 1 unspecified atom stereocenters. The van der Waals surface area contributed by atoms with Crippen molar-refractivity contribution >= 4 is 11.6 Å². The van der Waals surface area contributed by atoms with E-state index in [-0.39, 0.29) is 5.60 Å². The van der Waals surface area contributed by atoms with Crippen molar-refractivity contribution < 1.29 is 4.74 Å². The van der Waals surface area contributed by atoms with Gasteiger partial charge in [0.1, 0.15) is 0 Å². The van der Waals surface area contributed by atoms with Crippen LogP contribution in [0.15, 0.2) is 0 Å². The van der Waals surface area contributed by atoms with Gasteiger partial charge in [-0.3, -0.25) is 0 Å². The van der Waals surface area contributed by atoms with Gasteiger partial charge in [-0.15, -0.1) is 11.6 Å². The first-order chi connectivity index (χ1) is 5.33. The fourth-order valence-electron chi connectivity index (χ4n) is 1.62. The number of rotatable bonds is 4. The molecule has 1 atom stereocenters. The van der Waals surface area contributed by atoms with E-state index in [9.17, 15) is 0 Å². The maximum absolute atomic E-state index is 5.88. The molecule has 0 N–H and O–H groups in total. The molecule has 1 fully saturated rings. The van der Waals surface area contributed by atoms with Crippen LogP contribution < -0.4 is 0 Å². The van der Waals surface area contributed by atoms with Gasteiger partial charge in [0.2, 0.25) is 0 Å². The molecule has 1 aliphatic rings. The Morgan fingerprint density at radius 1 is 1.55 bits per heavy atom. The topological polar surface area (TPSA) is 9.23 Å². The molecule has 0 saturated carbocycles. The zero-order valence-corrected chi connectivity index (χ0v) is 7.99. The second-order valence-corrected chi connectivity index (χ2v) is 3.64. The Hall–Kier alpha value is 0.250. The van der Waals surface area contributed by atoms with Crippen LogP contribution in [0.5, 0.6) is 0 Å². The van der Waals surface area contributed by atoms with Gasteiger partial charge >= 0.3 is 0 Å². The van der Waals surface area contributed by atoms with Crippen LogP contribution in [-0.2, 0) is 4.74 Å². The van der Waals surface area contributed by atoms with Gasteiger partial charge < -0.3 is 4.74 Å². The van der Waals surface area contributed by atoms with Crippen LogP contribution in [0.1, 0.15) is 39.0 Å². The highest BCUT2D eigenvalue weighted by Gasteiger charge is 2.33. The molecule has 1 heterocycles. The second-order valence-electron chi connectivity index (χ2n) is 3.37. The molecule has 2 heteroatoms. The smallest absolute Gasteiger partial charge is 0.0818 e. The monoisotopic (exact) mass is 176 g/mol. The Morgan fingerprint density at radius 2 is 2.36 bits per heavy atom. The lowest BCUT2D eigenvalue weighted by Gasteiger charge is -2.25. The van der Waals surface area contributed by atoms with E-state index in [1.807, 2.05) is 0 Å². The molecule has 0 aromatic carbocycles. The fourth-order valence-corrected chi connectivity index (χ4v) is 1.97. The molecule has 0 bridgehead atoms. The Bertz CT molecular complexity index is 108. The molecule has 1 nitrogen and oxygen atoms in total. The lowest BCUT2D eigenvalue weighted by molar-refractivity contribution is 0.0147. The minimum Gasteiger partial charge on any atom is -0.374 e. The lowest BCUT2D eigenvalue weighted by atomic mass is 9.96. The van der Waals surface area contributed by atoms with Crippen molar-refractivity contribution in [2.24, 2.45) is 0 Å². The van der Waals surface area contributed by atoms with E-state index in [0.717, 1.165) is 19.4 Å². The largest absolute Gasteiger partial charge is 0.374 e.